The highest BCUT2D eigenvalue weighted by molar-refractivity contribution is 7.13. The number of amides is 4. The Morgan fingerprint density at radius 1 is 1.27 bits per heavy atom. The summed E-state index contributed by atoms with van der Waals surface area (Å²) in [6, 6.07) is -0.403. The van der Waals surface area contributed by atoms with E-state index in [1.165, 1.54) is 4.90 Å². The molecule has 0 aromatic carbocycles. The van der Waals surface area contributed by atoms with E-state index < -0.39 is 6.03 Å². The van der Waals surface area contributed by atoms with Crippen molar-refractivity contribution >= 4 is 34.3 Å². The number of anilines is 1. The minimum Gasteiger partial charge on any atom is -0.345 e. The number of aromatic nitrogens is 1. The van der Waals surface area contributed by atoms with Crippen LogP contribution < -0.4 is 4.90 Å². The van der Waals surface area contributed by atoms with Gasteiger partial charge >= 0.3 is 6.03 Å². The zero-order valence-corrected chi connectivity index (χ0v) is 13.1. The minimum absolute atomic E-state index is 0.0456. The fraction of sp³-hybridized carbons (Fsp3) is 0.538. The van der Waals surface area contributed by atoms with Crippen LogP contribution in [0.2, 0.25) is 0 Å². The Kier molecular flexibility index (Phi) is 3.97. The second-order valence-corrected chi connectivity index (χ2v) is 6.17. The van der Waals surface area contributed by atoms with Gasteiger partial charge in [-0.1, -0.05) is 0 Å². The van der Waals surface area contributed by atoms with E-state index in [1.807, 2.05) is 5.38 Å². The van der Waals surface area contributed by atoms with Gasteiger partial charge in [0, 0.05) is 44.8 Å². The zero-order valence-electron chi connectivity index (χ0n) is 12.3. The van der Waals surface area contributed by atoms with E-state index >= 15 is 0 Å². The lowest BCUT2D eigenvalue weighted by atomic mass is 10.3. The zero-order chi connectivity index (χ0) is 15.7. The summed E-state index contributed by atoms with van der Waals surface area (Å²) >= 11 is 1.57. The molecule has 0 N–H and O–H groups in total. The molecule has 3 rings (SSSR count). The SMILES string of the molecule is CN1CC(=O)N(CC(=O)N2CCN(c3nccs3)CC2)C1=O. The van der Waals surface area contributed by atoms with Crippen molar-refractivity contribution in [1.29, 1.82) is 0 Å². The normalized spacial score (nSPS) is 19.3. The molecule has 118 valence electrons. The van der Waals surface area contributed by atoms with Gasteiger partial charge in [-0.3, -0.25) is 14.5 Å². The van der Waals surface area contributed by atoms with Crippen molar-refractivity contribution in [1.82, 2.24) is 19.7 Å². The first-order valence-corrected chi connectivity index (χ1v) is 7.92. The van der Waals surface area contributed by atoms with Gasteiger partial charge in [-0.2, -0.15) is 0 Å². The summed E-state index contributed by atoms with van der Waals surface area (Å²) in [7, 11) is 1.55. The molecule has 2 fully saturated rings. The van der Waals surface area contributed by atoms with Gasteiger partial charge in [-0.25, -0.2) is 9.78 Å². The highest BCUT2D eigenvalue weighted by atomic mass is 32.1. The number of nitrogens with zero attached hydrogens (tertiary/aromatic N) is 5. The number of carbonyl (C=O) groups excluding carboxylic acids is 3. The van der Waals surface area contributed by atoms with Crippen LogP contribution in [-0.2, 0) is 9.59 Å². The summed E-state index contributed by atoms with van der Waals surface area (Å²) in [5.74, 6) is -0.502. The molecule has 9 heteroatoms. The minimum atomic E-state index is -0.403. The fourth-order valence-corrected chi connectivity index (χ4v) is 3.28. The van der Waals surface area contributed by atoms with E-state index in [2.05, 4.69) is 9.88 Å². The van der Waals surface area contributed by atoms with Crippen LogP contribution in [-0.4, -0.2) is 83.8 Å². The molecule has 22 heavy (non-hydrogen) atoms. The van der Waals surface area contributed by atoms with Crippen LogP contribution in [0.15, 0.2) is 11.6 Å². The van der Waals surface area contributed by atoms with Gasteiger partial charge in [0.2, 0.25) is 5.91 Å². The quantitative estimate of drug-likeness (QED) is 0.713. The number of hydrogen-bond acceptors (Lipinski definition) is 6. The van der Waals surface area contributed by atoms with E-state index in [0.717, 1.165) is 10.0 Å². The van der Waals surface area contributed by atoms with Crippen LogP contribution in [0.5, 0.6) is 0 Å². The average Bonchev–Trinajstić information content (AvgIpc) is 3.12. The number of piperazine rings is 1. The predicted molar refractivity (Wildman–Crippen MR) is 80.6 cm³/mol. The number of thiazole rings is 1. The Bertz CT molecular complexity index is 583. The molecular formula is C13H17N5O3S. The maximum absolute atomic E-state index is 12.3. The number of rotatable bonds is 3. The molecule has 2 saturated heterocycles. The van der Waals surface area contributed by atoms with Crippen molar-refractivity contribution in [3.05, 3.63) is 11.6 Å². The molecular weight excluding hydrogens is 306 g/mol. The molecule has 0 aliphatic carbocycles. The van der Waals surface area contributed by atoms with Crippen LogP contribution in [0.4, 0.5) is 9.93 Å². The first-order valence-electron chi connectivity index (χ1n) is 7.04. The van der Waals surface area contributed by atoms with Crippen LogP contribution in [0.1, 0.15) is 0 Å². The third-order valence-corrected chi connectivity index (χ3v) is 4.68. The summed E-state index contributed by atoms with van der Waals surface area (Å²) in [5.41, 5.74) is 0. The molecule has 0 unspecified atom stereocenters. The van der Waals surface area contributed by atoms with Gasteiger partial charge in [0.05, 0.1) is 0 Å². The van der Waals surface area contributed by atoms with Gasteiger partial charge in [-0.15, -0.1) is 11.3 Å². The third-order valence-electron chi connectivity index (χ3n) is 3.85. The number of likely N-dealkylation sites (N-methyl/N-ethyl adjacent to an activating group) is 1. The van der Waals surface area contributed by atoms with Gasteiger partial charge in [0.25, 0.3) is 5.91 Å². The number of imide groups is 1. The van der Waals surface area contributed by atoms with Gasteiger partial charge in [-0.05, 0) is 0 Å². The molecule has 0 spiro atoms. The lowest BCUT2D eigenvalue weighted by Crippen LogP contribution is -2.52. The number of carbonyl (C=O) groups is 3. The van der Waals surface area contributed by atoms with E-state index in [9.17, 15) is 14.4 Å². The number of urea groups is 1. The van der Waals surface area contributed by atoms with Crippen molar-refractivity contribution in [2.24, 2.45) is 0 Å². The molecule has 1 aromatic heterocycles. The van der Waals surface area contributed by atoms with Crippen molar-refractivity contribution in [3.8, 4) is 0 Å². The standard InChI is InChI=1S/C13H17N5O3S/c1-15-8-11(20)18(13(15)21)9-10(19)16-3-5-17(6-4-16)12-14-2-7-22-12/h2,7H,3-6,8-9H2,1H3. The highest BCUT2D eigenvalue weighted by Crippen LogP contribution is 2.19. The van der Waals surface area contributed by atoms with Crippen LogP contribution in [0.3, 0.4) is 0 Å². The lowest BCUT2D eigenvalue weighted by molar-refractivity contribution is -0.136. The number of hydrogen-bond donors (Lipinski definition) is 0. The van der Waals surface area contributed by atoms with E-state index in [1.54, 1.807) is 29.5 Å². The molecule has 3 heterocycles. The lowest BCUT2D eigenvalue weighted by Gasteiger charge is -2.35. The molecule has 4 amide bonds. The average molecular weight is 323 g/mol. The van der Waals surface area contributed by atoms with Crippen LogP contribution in [0.25, 0.3) is 0 Å². The Labute approximate surface area is 131 Å². The van der Waals surface area contributed by atoms with Crippen molar-refractivity contribution in [3.63, 3.8) is 0 Å². The Morgan fingerprint density at radius 2 is 2.00 bits per heavy atom. The second-order valence-electron chi connectivity index (χ2n) is 5.30. The summed E-state index contributed by atoms with van der Waals surface area (Å²) < 4.78 is 0. The smallest absolute Gasteiger partial charge is 0.327 e. The molecule has 2 aliphatic heterocycles. The highest BCUT2D eigenvalue weighted by Gasteiger charge is 2.36. The molecule has 0 radical (unpaired) electrons. The maximum Gasteiger partial charge on any atom is 0.327 e. The summed E-state index contributed by atoms with van der Waals surface area (Å²) in [4.78, 5) is 46.2. The summed E-state index contributed by atoms with van der Waals surface area (Å²) in [6.45, 7) is 2.44. The van der Waals surface area contributed by atoms with E-state index in [0.29, 0.717) is 26.2 Å². The molecule has 8 nitrogen and oxygen atoms in total. The van der Waals surface area contributed by atoms with Crippen molar-refractivity contribution in [2.75, 3.05) is 51.2 Å². The first kappa shape index (κ1) is 14.8. The molecule has 0 saturated carbocycles. The molecule has 2 aliphatic rings. The van der Waals surface area contributed by atoms with Gasteiger partial charge in [0.1, 0.15) is 13.1 Å². The summed E-state index contributed by atoms with van der Waals surface area (Å²) in [6.07, 6.45) is 1.76. The Balaban J connectivity index is 1.54. The monoisotopic (exact) mass is 323 g/mol. The Morgan fingerprint density at radius 3 is 2.55 bits per heavy atom. The predicted octanol–water partition coefficient (Wildman–Crippen LogP) is -0.314. The molecule has 0 bridgehead atoms. The fourth-order valence-electron chi connectivity index (χ4n) is 2.58. The second kappa shape index (κ2) is 5.91. The van der Waals surface area contributed by atoms with Gasteiger partial charge < -0.3 is 14.7 Å². The molecule has 1 aromatic rings. The van der Waals surface area contributed by atoms with Gasteiger partial charge in [0.15, 0.2) is 5.13 Å². The third kappa shape index (κ3) is 2.76. The topological polar surface area (TPSA) is 77.1 Å². The van der Waals surface area contributed by atoms with Crippen LogP contribution >= 0.6 is 11.3 Å². The Hall–Kier alpha value is -2.16. The van der Waals surface area contributed by atoms with Crippen LogP contribution in [0, 0.1) is 0 Å². The molecule has 0 atom stereocenters. The summed E-state index contributed by atoms with van der Waals surface area (Å²) in [5, 5.41) is 2.88. The van der Waals surface area contributed by atoms with E-state index in [4.69, 9.17) is 0 Å². The maximum atomic E-state index is 12.3. The first-order chi connectivity index (χ1) is 10.6. The largest absolute Gasteiger partial charge is 0.345 e. The van der Waals surface area contributed by atoms with E-state index in [-0.39, 0.29) is 24.9 Å². The van der Waals surface area contributed by atoms with Crippen molar-refractivity contribution in [2.45, 2.75) is 0 Å². The van der Waals surface area contributed by atoms with Crippen molar-refractivity contribution < 1.29 is 14.4 Å².